The van der Waals surface area contributed by atoms with Crippen molar-refractivity contribution in [2.24, 2.45) is 4.99 Å². The predicted octanol–water partition coefficient (Wildman–Crippen LogP) is 1.39. The van der Waals surface area contributed by atoms with Gasteiger partial charge in [0.15, 0.2) is 0 Å². The van der Waals surface area contributed by atoms with Gasteiger partial charge in [-0.3, -0.25) is 0 Å². The third kappa shape index (κ3) is 1.16. The summed E-state index contributed by atoms with van der Waals surface area (Å²) in [5.74, 6) is 0. The monoisotopic (exact) mass is 188 g/mol. The van der Waals surface area contributed by atoms with E-state index in [1.54, 1.807) is 0 Å². The van der Waals surface area contributed by atoms with E-state index in [0.29, 0.717) is 0 Å². The lowest BCUT2D eigenvalue weighted by atomic mass is 10.1. The van der Waals surface area contributed by atoms with Crippen molar-refractivity contribution >= 4 is 6.02 Å². The van der Waals surface area contributed by atoms with E-state index in [1.165, 1.54) is 11.1 Å². The highest BCUT2D eigenvalue weighted by Crippen LogP contribution is 2.23. The summed E-state index contributed by atoms with van der Waals surface area (Å²) in [6.45, 7) is 3.42. The van der Waals surface area contributed by atoms with E-state index in [0.717, 1.165) is 32.3 Å². The summed E-state index contributed by atoms with van der Waals surface area (Å²) in [7, 11) is 0. The van der Waals surface area contributed by atoms with Gasteiger partial charge >= 0.3 is 0 Å². The van der Waals surface area contributed by atoms with E-state index in [9.17, 15) is 0 Å². The Bertz CT molecular complexity index is 362. The molecule has 3 nitrogen and oxygen atoms in total. The van der Waals surface area contributed by atoms with Crippen LogP contribution in [-0.4, -0.2) is 24.1 Å². The molecule has 0 aliphatic carbocycles. The Morgan fingerprint density at radius 3 is 2.43 bits per heavy atom. The van der Waals surface area contributed by atoms with Gasteiger partial charge in [-0.1, -0.05) is 24.3 Å². The molecule has 0 amide bonds. The second kappa shape index (κ2) is 3.01. The van der Waals surface area contributed by atoms with Gasteiger partial charge in [0.1, 0.15) is 6.61 Å². The maximum atomic E-state index is 5.44. The van der Waals surface area contributed by atoms with Crippen LogP contribution in [0.4, 0.5) is 0 Å². The summed E-state index contributed by atoms with van der Waals surface area (Å²) < 4.78 is 5.44. The van der Waals surface area contributed by atoms with E-state index in [4.69, 9.17) is 4.74 Å². The predicted molar refractivity (Wildman–Crippen MR) is 53.9 cm³/mol. The second-order valence-electron chi connectivity index (χ2n) is 3.64. The third-order valence-corrected chi connectivity index (χ3v) is 2.68. The summed E-state index contributed by atoms with van der Waals surface area (Å²) >= 11 is 0. The van der Waals surface area contributed by atoms with Crippen molar-refractivity contribution in [1.29, 1.82) is 0 Å². The van der Waals surface area contributed by atoms with Crippen LogP contribution < -0.4 is 0 Å². The first-order chi connectivity index (χ1) is 6.93. The summed E-state index contributed by atoms with van der Waals surface area (Å²) in [4.78, 5) is 6.51. The zero-order chi connectivity index (χ0) is 9.38. The molecular weight excluding hydrogens is 176 g/mol. The minimum Gasteiger partial charge on any atom is -0.463 e. The maximum Gasteiger partial charge on any atom is 0.288 e. The van der Waals surface area contributed by atoms with Crippen LogP contribution in [0.3, 0.4) is 0 Å². The van der Waals surface area contributed by atoms with Crippen LogP contribution in [0.5, 0.6) is 0 Å². The number of nitrogens with zero attached hydrogens (tertiary/aromatic N) is 2. The zero-order valence-electron chi connectivity index (χ0n) is 7.94. The van der Waals surface area contributed by atoms with Gasteiger partial charge in [-0.05, 0) is 11.1 Å². The van der Waals surface area contributed by atoms with Gasteiger partial charge in [-0.2, -0.15) is 0 Å². The van der Waals surface area contributed by atoms with Gasteiger partial charge in [0.2, 0.25) is 0 Å². The SMILES string of the molecule is c1ccc2c(c1)CN(C1=NCCO1)C2. The molecule has 0 spiro atoms. The summed E-state index contributed by atoms with van der Waals surface area (Å²) in [6, 6.07) is 9.33. The van der Waals surface area contributed by atoms with Gasteiger partial charge in [0, 0.05) is 13.1 Å². The molecule has 0 unspecified atom stereocenters. The van der Waals surface area contributed by atoms with Crippen LogP contribution in [0.1, 0.15) is 11.1 Å². The quantitative estimate of drug-likeness (QED) is 0.614. The molecule has 0 aromatic heterocycles. The minimum absolute atomic E-state index is 0.738. The van der Waals surface area contributed by atoms with Crippen molar-refractivity contribution in [2.45, 2.75) is 13.1 Å². The molecule has 72 valence electrons. The van der Waals surface area contributed by atoms with Gasteiger partial charge in [-0.15, -0.1) is 0 Å². The molecule has 3 rings (SSSR count). The largest absolute Gasteiger partial charge is 0.463 e. The number of rotatable bonds is 0. The van der Waals surface area contributed by atoms with Gasteiger partial charge in [-0.25, -0.2) is 4.99 Å². The van der Waals surface area contributed by atoms with Crippen LogP contribution in [-0.2, 0) is 17.8 Å². The average molecular weight is 188 g/mol. The molecule has 2 heterocycles. The number of aliphatic imine (C=N–C) groups is 1. The van der Waals surface area contributed by atoms with Crippen LogP contribution in [0.15, 0.2) is 29.3 Å². The Kier molecular flexibility index (Phi) is 1.69. The van der Waals surface area contributed by atoms with Gasteiger partial charge in [0.05, 0.1) is 6.54 Å². The molecule has 0 bridgehead atoms. The average Bonchev–Trinajstić information content (AvgIpc) is 2.86. The fourth-order valence-corrected chi connectivity index (χ4v) is 1.98. The summed E-state index contributed by atoms with van der Waals surface area (Å²) in [5.41, 5.74) is 2.79. The van der Waals surface area contributed by atoms with Crippen molar-refractivity contribution in [3.63, 3.8) is 0 Å². The summed E-state index contributed by atoms with van der Waals surface area (Å²) in [6.07, 6.45) is 0. The van der Waals surface area contributed by atoms with Crippen molar-refractivity contribution in [1.82, 2.24) is 4.90 Å². The van der Waals surface area contributed by atoms with E-state index >= 15 is 0 Å². The molecule has 3 heteroatoms. The first-order valence-corrected chi connectivity index (χ1v) is 4.92. The van der Waals surface area contributed by atoms with Crippen LogP contribution in [0.2, 0.25) is 0 Å². The van der Waals surface area contributed by atoms with E-state index in [2.05, 4.69) is 34.2 Å². The number of hydrogen-bond donors (Lipinski definition) is 0. The van der Waals surface area contributed by atoms with Gasteiger partial charge in [0.25, 0.3) is 6.02 Å². The molecule has 2 aliphatic rings. The highest BCUT2D eigenvalue weighted by Gasteiger charge is 2.23. The molecule has 1 aromatic rings. The first kappa shape index (κ1) is 7.85. The lowest BCUT2D eigenvalue weighted by Crippen LogP contribution is -2.25. The van der Waals surface area contributed by atoms with Crippen molar-refractivity contribution in [3.05, 3.63) is 35.4 Å². The Hall–Kier alpha value is -1.51. The number of fused-ring (bicyclic) bond motifs is 1. The number of amidine groups is 1. The Balaban J connectivity index is 1.84. The van der Waals surface area contributed by atoms with E-state index in [-0.39, 0.29) is 0 Å². The third-order valence-electron chi connectivity index (χ3n) is 2.68. The standard InChI is InChI=1S/C11H12N2O/c1-2-4-10-8-13(7-9(10)3-1)11-12-5-6-14-11/h1-4H,5-8H2. The highest BCUT2D eigenvalue weighted by molar-refractivity contribution is 5.75. The minimum atomic E-state index is 0.738. The molecule has 0 N–H and O–H groups in total. The first-order valence-electron chi connectivity index (χ1n) is 4.92. The normalized spacial score (nSPS) is 19.1. The molecule has 0 fully saturated rings. The molecule has 2 aliphatic heterocycles. The van der Waals surface area contributed by atoms with Crippen molar-refractivity contribution < 1.29 is 4.74 Å². The number of hydrogen-bond acceptors (Lipinski definition) is 3. The van der Waals surface area contributed by atoms with E-state index in [1.807, 2.05) is 0 Å². The maximum absolute atomic E-state index is 5.44. The van der Waals surface area contributed by atoms with Crippen LogP contribution in [0.25, 0.3) is 0 Å². The van der Waals surface area contributed by atoms with Crippen molar-refractivity contribution in [2.75, 3.05) is 13.2 Å². The fraction of sp³-hybridized carbons (Fsp3) is 0.364. The smallest absolute Gasteiger partial charge is 0.288 e. The Labute approximate surface area is 83.0 Å². The number of benzene rings is 1. The highest BCUT2D eigenvalue weighted by atomic mass is 16.5. The Morgan fingerprint density at radius 2 is 1.86 bits per heavy atom. The Morgan fingerprint density at radius 1 is 1.14 bits per heavy atom. The molecule has 0 saturated heterocycles. The molecule has 0 radical (unpaired) electrons. The zero-order valence-corrected chi connectivity index (χ0v) is 7.94. The second-order valence-corrected chi connectivity index (χ2v) is 3.64. The van der Waals surface area contributed by atoms with Crippen LogP contribution >= 0.6 is 0 Å². The van der Waals surface area contributed by atoms with Crippen LogP contribution in [0, 0.1) is 0 Å². The molecule has 1 aromatic carbocycles. The topological polar surface area (TPSA) is 24.8 Å². The molecule has 0 saturated carbocycles. The summed E-state index contributed by atoms with van der Waals surface area (Å²) in [5, 5.41) is 0. The molecule has 0 atom stereocenters. The van der Waals surface area contributed by atoms with E-state index < -0.39 is 0 Å². The molecular formula is C11H12N2O. The van der Waals surface area contributed by atoms with Gasteiger partial charge < -0.3 is 9.64 Å². The molecule has 14 heavy (non-hydrogen) atoms. The lowest BCUT2D eigenvalue weighted by Gasteiger charge is -2.15. The number of ether oxygens (including phenoxy) is 1. The fourth-order valence-electron chi connectivity index (χ4n) is 1.98. The van der Waals surface area contributed by atoms with Crippen molar-refractivity contribution in [3.8, 4) is 0 Å². The lowest BCUT2D eigenvalue weighted by molar-refractivity contribution is 0.265.